The van der Waals surface area contributed by atoms with Crippen LogP contribution in [0.15, 0.2) is 48.5 Å². The van der Waals surface area contributed by atoms with Crippen LogP contribution in [0.1, 0.15) is 29.7 Å². The predicted octanol–water partition coefficient (Wildman–Crippen LogP) is 3.29. The van der Waals surface area contributed by atoms with Gasteiger partial charge in [0.1, 0.15) is 18.0 Å². The Morgan fingerprint density at radius 3 is 2.84 bits per heavy atom. The molecule has 0 amide bonds. The summed E-state index contributed by atoms with van der Waals surface area (Å²) in [6.07, 6.45) is 1.00. The smallest absolute Gasteiger partial charge is 0.133 e. The van der Waals surface area contributed by atoms with Gasteiger partial charge in [-0.3, -0.25) is 0 Å². The summed E-state index contributed by atoms with van der Waals surface area (Å²) < 4.78 is 5.85. The molecule has 1 heterocycles. The van der Waals surface area contributed by atoms with Crippen LogP contribution in [0.3, 0.4) is 0 Å². The minimum absolute atomic E-state index is 0.176. The molecule has 1 aliphatic rings. The summed E-state index contributed by atoms with van der Waals surface area (Å²) in [4.78, 5) is 0. The van der Waals surface area contributed by atoms with Crippen molar-refractivity contribution in [3.05, 3.63) is 65.2 Å². The second-order valence-electron chi connectivity index (χ2n) is 5.01. The molecule has 1 aliphatic heterocycles. The fourth-order valence-electron chi connectivity index (χ4n) is 2.60. The highest BCUT2D eigenvalue weighted by atomic mass is 16.5. The first-order valence-corrected chi connectivity index (χ1v) is 6.79. The maximum atomic E-state index is 10.5. The van der Waals surface area contributed by atoms with E-state index >= 15 is 0 Å². The molecule has 0 bridgehead atoms. The molecule has 2 heteroatoms. The van der Waals surface area contributed by atoms with Crippen molar-refractivity contribution in [2.45, 2.75) is 32.0 Å². The van der Waals surface area contributed by atoms with E-state index in [0.29, 0.717) is 0 Å². The number of para-hydroxylation sites is 1. The summed E-state index contributed by atoms with van der Waals surface area (Å²) >= 11 is 0. The van der Waals surface area contributed by atoms with Gasteiger partial charge in [-0.2, -0.15) is 0 Å². The van der Waals surface area contributed by atoms with E-state index < -0.39 is 6.10 Å². The lowest BCUT2D eigenvalue weighted by Crippen LogP contribution is -2.23. The molecule has 0 spiro atoms. The van der Waals surface area contributed by atoms with E-state index in [1.54, 1.807) is 0 Å². The van der Waals surface area contributed by atoms with Gasteiger partial charge in [-0.05, 0) is 29.2 Å². The van der Waals surface area contributed by atoms with Crippen molar-refractivity contribution < 1.29 is 9.84 Å². The standard InChI is InChI=1S/C17H18O2/c1-2-12-6-5-8-14(10-12)17(18)16-11-13-7-3-4-9-15(13)19-16/h3-10,16-18H,2,11H2,1H3. The molecule has 0 saturated heterocycles. The Hall–Kier alpha value is -1.80. The molecule has 3 rings (SSSR count). The summed E-state index contributed by atoms with van der Waals surface area (Å²) in [5.74, 6) is 0.901. The fourth-order valence-corrected chi connectivity index (χ4v) is 2.60. The van der Waals surface area contributed by atoms with Gasteiger partial charge in [0.15, 0.2) is 0 Å². The first-order valence-electron chi connectivity index (χ1n) is 6.79. The number of ether oxygens (including phenoxy) is 1. The Bertz CT molecular complexity index is 552. The molecule has 2 aromatic rings. The van der Waals surface area contributed by atoms with Gasteiger partial charge in [0.2, 0.25) is 0 Å². The Balaban J connectivity index is 1.80. The monoisotopic (exact) mass is 254 g/mol. The van der Waals surface area contributed by atoms with Crippen molar-refractivity contribution in [2.75, 3.05) is 0 Å². The number of aryl methyl sites for hydroxylation is 1. The zero-order valence-electron chi connectivity index (χ0n) is 11.0. The lowest BCUT2D eigenvalue weighted by atomic mass is 9.98. The SMILES string of the molecule is CCc1cccc(C(O)C2Cc3ccccc3O2)c1. The second-order valence-corrected chi connectivity index (χ2v) is 5.01. The topological polar surface area (TPSA) is 29.5 Å². The van der Waals surface area contributed by atoms with Crippen molar-refractivity contribution in [1.82, 2.24) is 0 Å². The third kappa shape index (κ3) is 2.36. The minimum atomic E-state index is -0.570. The molecular weight excluding hydrogens is 236 g/mol. The largest absolute Gasteiger partial charge is 0.487 e. The van der Waals surface area contributed by atoms with Crippen LogP contribution in [0.2, 0.25) is 0 Å². The summed E-state index contributed by atoms with van der Waals surface area (Å²) in [5.41, 5.74) is 3.36. The highest BCUT2D eigenvalue weighted by molar-refractivity contribution is 5.38. The number of aliphatic hydroxyl groups excluding tert-OH is 1. The second kappa shape index (κ2) is 5.06. The number of aliphatic hydroxyl groups is 1. The van der Waals surface area contributed by atoms with Crippen molar-refractivity contribution in [3.63, 3.8) is 0 Å². The molecule has 2 aromatic carbocycles. The summed E-state index contributed by atoms with van der Waals surface area (Å²) in [7, 11) is 0. The molecule has 0 aliphatic carbocycles. The van der Waals surface area contributed by atoms with E-state index in [0.717, 1.165) is 24.2 Å². The molecule has 2 unspecified atom stereocenters. The third-order valence-corrected chi connectivity index (χ3v) is 3.73. The van der Waals surface area contributed by atoms with Crippen LogP contribution >= 0.6 is 0 Å². The Kier molecular flexibility index (Phi) is 3.26. The average molecular weight is 254 g/mol. The maximum Gasteiger partial charge on any atom is 0.133 e. The molecule has 98 valence electrons. The van der Waals surface area contributed by atoms with Crippen LogP contribution in [-0.2, 0) is 12.8 Å². The van der Waals surface area contributed by atoms with E-state index in [2.05, 4.69) is 25.1 Å². The molecule has 2 nitrogen and oxygen atoms in total. The quantitative estimate of drug-likeness (QED) is 0.910. The van der Waals surface area contributed by atoms with Crippen molar-refractivity contribution in [2.24, 2.45) is 0 Å². The molecule has 0 fully saturated rings. The Morgan fingerprint density at radius 1 is 1.21 bits per heavy atom. The van der Waals surface area contributed by atoms with E-state index in [1.165, 1.54) is 11.1 Å². The predicted molar refractivity (Wildman–Crippen MR) is 75.3 cm³/mol. The van der Waals surface area contributed by atoms with E-state index in [4.69, 9.17) is 4.74 Å². The maximum absolute atomic E-state index is 10.5. The average Bonchev–Trinajstić information content (AvgIpc) is 2.90. The van der Waals surface area contributed by atoms with Gasteiger partial charge >= 0.3 is 0 Å². The summed E-state index contributed by atoms with van der Waals surface area (Å²) in [6.45, 7) is 2.12. The number of rotatable bonds is 3. The molecule has 1 N–H and O–H groups in total. The lowest BCUT2D eigenvalue weighted by molar-refractivity contribution is 0.0492. The van der Waals surface area contributed by atoms with Gasteiger partial charge in [0.25, 0.3) is 0 Å². The van der Waals surface area contributed by atoms with Gasteiger partial charge in [-0.1, -0.05) is 49.4 Å². The van der Waals surface area contributed by atoms with Crippen LogP contribution < -0.4 is 4.74 Å². The molecule has 0 aromatic heterocycles. The molecule has 0 saturated carbocycles. The van der Waals surface area contributed by atoms with Crippen LogP contribution in [0.5, 0.6) is 5.75 Å². The van der Waals surface area contributed by atoms with Crippen molar-refractivity contribution in [3.8, 4) is 5.75 Å². The van der Waals surface area contributed by atoms with Gasteiger partial charge < -0.3 is 9.84 Å². The van der Waals surface area contributed by atoms with Gasteiger partial charge in [0, 0.05) is 6.42 Å². The van der Waals surface area contributed by atoms with Crippen LogP contribution in [-0.4, -0.2) is 11.2 Å². The summed E-state index contributed by atoms with van der Waals surface area (Å²) in [5, 5.41) is 10.5. The van der Waals surface area contributed by atoms with Crippen molar-refractivity contribution in [1.29, 1.82) is 0 Å². The summed E-state index contributed by atoms with van der Waals surface area (Å²) in [6, 6.07) is 16.1. The zero-order valence-corrected chi connectivity index (χ0v) is 11.0. The van der Waals surface area contributed by atoms with E-state index in [1.807, 2.05) is 30.3 Å². The first-order chi connectivity index (χ1) is 9.28. The Labute approximate surface area is 113 Å². The molecular formula is C17H18O2. The molecule has 19 heavy (non-hydrogen) atoms. The van der Waals surface area contributed by atoms with Crippen LogP contribution in [0.4, 0.5) is 0 Å². The first kappa shape index (κ1) is 12.2. The van der Waals surface area contributed by atoms with Gasteiger partial charge in [0.05, 0.1) is 0 Å². The minimum Gasteiger partial charge on any atom is -0.487 e. The fraction of sp³-hybridized carbons (Fsp3) is 0.294. The molecule has 2 atom stereocenters. The third-order valence-electron chi connectivity index (χ3n) is 3.73. The number of benzene rings is 2. The number of fused-ring (bicyclic) bond motifs is 1. The van der Waals surface area contributed by atoms with Gasteiger partial charge in [-0.15, -0.1) is 0 Å². The van der Waals surface area contributed by atoms with Crippen LogP contribution in [0.25, 0.3) is 0 Å². The highest BCUT2D eigenvalue weighted by Crippen LogP contribution is 2.34. The van der Waals surface area contributed by atoms with E-state index in [9.17, 15) is 5.11 Å². The van der Waals surface area contributed by atoms with E-state index in [-0.39, 0.29) is 6.10 Å². The lowest BCUT2D eigenvalue weighted by Gasteiger charge is -2.19. The van der Waals surface area contributed by atoms with Crippen molar-refractivity contribution >= 4 is 0 Å². The highest BCUT2D eigenvalue weighted by Gasteiger charge is 2.29. The Morgan fingerprint density at radius 2 is 2.05 bits per heavy atom. The number of hydrogen-bond acceptors (Lipinski definition) is 2. The number of hydrogen-bond donors (Lipinski definition) is 1. The normalized spacial score (nSPS) is 18.7. The zero-order chi connectivity index (χ0) is 13.2. The molecule has 0 radical (unpaired) electrons. The van der Waals surface area contributed by atoms with Crippen LogP contribution in [0, 0.1) is 0 Å². The van der Waals surface area contributed by atoms with Gasteiger partial charge in [-0.25, -0.2) is 0 Å².